The lowest BCUT2D eigenvalue weighted by molar-refractivity contribution is -0.116. The summed E-state index contributed by atoms with van der Waals surface area (Å²) >= 11 is 12.1. The number of anilines is 1. The largest absolute Gasteiger partial charge is 0.354 e. The second-order valence-corrected chi connectivity index (χ2v) is 6.96. The molecular formula is C19H21Cl2N3O3. The van der Waals surface area contributed by atoms with E-state index in [0.29, 0.717) is 44.8 Å². The van der Waals surface area contributed by atoms with E-state index >= 15 is 0 Å². The quantitative estimate of drug-likeness (QED) is 0.699. The summed E-state index contributed by atoms with van der Waals surface area (Å²) in [7, 11) is 0. The van der Waals surface area contributed by atoms with Crippen molar-refractivity contribution < 1.29 is 14.4 Å². The van der Waals surface area contributed by atoms with Gasteiger partial charge in [0.15, 0.2) is 5.78 Å². The van der Waals surface area contributed by atoms with Crippen LogP contribution in [0.15, 0.2) is 18.2 Å². The topological polar surface area (TPSA) is 82.3 Å². The smallest absolute Gasteiger partial charge is 0.271 e. The van der Waals surface area contributed by atoms with E-state index in [1.807, 2.05) is 0 Å². The number of carbonyl (C=O) groups excluding carboxylic acids is 3. The molecule has 6 nitrogen and oxygen atoms in total. The number of likely N-dealkylation sites (N-methyl/N-ethyl adjacent to an activating group) is 1. The van der Waals surface area contributed by atoms with Gasteiger partial charge in [-0.3, -0.25) is 14.4 Å². The van der Waals surface area contributed by atoms with Crippen molar-refractivity contribution >= 4 is 46.5 Å². The zero-order valence-electron chi connectivity index (χ0n) is 15.6. The van der Waals surface area contributed by atoms with Crippen LogP contribution in [0.1, 0.15) is 46.0 Å². The molecule has 0 aliphatic carbocycles. The Kier molecular flexibility index (Phi) is 6.68. The molecule has 0 saturated carbocycles. The molecule has 0 fully saturated rings. The molecule has 1 aromatic carbocycles. The van der Waals surface area contributed by atoms with Gasteiger partial charge in [-0.25, -0.2) is 0 Å². The third kappa shape index (κ3) is 4.51. The molecule has 0 bridgehead atoms. The van der Waals surface area contributed by atoms with E-state index in [2.05, 4.69) is 10.3 Å². The van der Waals surface area contributed by atoms with Crippen molar-refractivity contribution in [3.63, 3.8) is 0 Å². The Morgan fingerprint density at radius 2 is 1.74 bits per heavy atom. The van der Waals surface area contributed by atoms with E-state index in [1.165, 1.54) is 11.8 Å². The van der Waals surface area contributed by atoms with Crippen LogP contribution in [-0.2, 0) is 4.79 Å². The first kappa shape index (κ1) is 21.0. The number of carbonyl (C=O) groups is 3. The number of H-pyrrole nitrogens is 1. The molecule has 2 aromatic rings. The summed E-state index contributed by atoms with van der Waals surface area (Å²) in [4.78, 5) is 41.4. The first-order chi connectivity index (χ1) is 12.7. The highest BCUT2D eigenvalue weighted by molar-refractivity contribution is 6.39. The summed E-state index contributed by atoms with van der Waals surface area (Å²) in [6.45, 7) is 6.81. The number of nitrogens with zero attached hydrogens (tertiary/aromatic N) is 1. The molecule has 2 N–H and O–H groups in total. The standard InChI is InChI=1S/C19H21Cl2N3O3/c1-5-24(9-15(26)23-18-13(20)7-6-8-14(18)21)19(27)17-10(2)16(12(4)25)11(3)22-17/h6-8,22H,5,9H2,1-4H3,(H,23,26). The number of hydrogen-bond donors (Lipinski definition) is 2. The lowest BCUT2D eigenvalue weighted by Gasteiger charge is -2.20. The summed E-state index contributed by atoms with van der Waals surface area (Å²) < 4.78 is 0. The molecule has 2 rings (SSSR count). The van der Waals surface area contributed by atoms with Crippen LogP contribution in [0.3, 0.4) is 0 Å². The van der Waals surface area contributed by atoms with Crippen molar-refractivity contribution in [1.29, 1.82) is 0 Å². The number of amides is 2. The molecule has 0 aliphatic heterocycles. The van der Waals surface area contributed by atoms with E-state index in [4.69, 9.17) is 23.2 Å². The van der Waals surface area contributed by atoms with E-state index < -0.39 is 5.91 Å². The number of ketones is 1. The number of benzene rings is 1. The van der Waals surface area contributed by atoms with Gasteiger partial charge in [-0.1, -0.05) is 29.3 Å². The van der Waals surface area contributed by atoms with E-state index in [0.717, 1.165) is 0 Å². The van der Waals surface area contributed by atoms with Crippen molar-refractivity contribution in [3.8, 4) is 0 Å². The van der Waals surface area contributed by atoms with Crippen LogP contribution in [0.25, 0.3) is 0 Å². The maximum atomic E-state index is 12.9. The number of Topliss-reactive ketones (excluding diaryl/α,β-unsaturated/α-hetero) is 1. The number of rotatable bonds is 6. The van der Waals surface area contributed by atoms with Crippen molar-refractivity contribution in [1.82, 2.24) is 9.88 Å². The van der Waals surface area contributed by atoms with Crippen LogP contribution in [0.5, 0.6) is 0 Å². The number of hydrogen-bond acceptors (Lipinski definition) is 3. The zero-order valence-corrected chi connectivity index (χ0v) is 17.1. The average molecular weight is 410 g/mol. The maximum Gasteiger partial charge on any atom is 0.271 e. The second-order valence-electron chi connectivity index (χ2n) is 6.15. The molecule has 0 saturated heterocycles. The maximum absolute atomic E-state index is 12.9. The Morgan fingerprint density at radius 1 is 1.15 bits per heavy atom. The van der Waals surface area contributed by atoms with Crippen LogP contribution in [0.2, 0.25) is 10.0 Å². The highest BCUT2D eigenvalue weighted by atomic mass is 35.5. The fraction of sp³-hybridized carbons (Fsp3) is 0.316. The van der Waals surface area contributed by atoms with Crippen LogP contribution in [0, 0.1) is 13.8 Å². The Morgan fingerprint density at radius 3 is 2.22 bits per heavy atom. The van der Waals surface area contributed by atoms with E-state index in [1.54, 1.807) is 39.0 Å². The lowest BCUT2D eigenvalue weighted by Crippen LogP contribution is -2.38. The van der Waals surface area contributed by atoms with Gasteiger partial charge in [-0.15, -0.1) is 0 Å². The van der Waals surface area contributed by atoms with Crippen LogP contribution in [-0.4, -0.2) is 40.6 Å². The molecule has 1 aromatic heterocycles. The predicted octanol–water partition coefficient (Wildman–Crippen LogP) is 4.24. The molecule has 0 spiro atoms. The van der Waals surface area contributed by atoms with Gasteiger partial charge >= 0.3 is 0 Å². The number of nitrogens with one attached hydrogen (secondary N) is 2. The monoisotopic (exact) mass is 409 g/mol. The highest BCUT2D eigenvalue weighted by Crippen LogP contribution is 2.29. The third-order valence-corrected chi connectivity index (χ3v) is 4.86. The van der Waals surface area contributed by atoms with Crippen LogP contribution >= 0.6 is 23.2 Å². The highest BCUT2D eigenvalue weighted by Gasteiger charge is 2.25. The number of aromatic nitrogens is 1. The van der Waals surface area contributed by atoms with Gasteiger partial charge in [0, 0.05) is 17.8 Å². The summed E-state index contributed by atoms with van der Waals surface area (Å²) in [5.41, 5.74) is 2.33. The normalized spacial score (nSPS) is 10.6. The minimum atomic E-state index is -0.423. The minimum Gasteiger partial charge on any atom is -0.354 e. The molecule has 0 radical (unpaired) electrons. The number of para-hydroxylation sites is 1. The fourth-order valence-electron chi connectivity index (χ4n) is 2.95. The molecule has 0 unspecified atom stereocenters. The van der Waals surface area contributed by atoms with E-state index in [-0.39, 0.29) is 18.2 Å². The minimum absolute atomic E-state index is 0.116. The zero-order chi connectivity index (χ0) is 20.3. The van der Waals surface area contributed by atoms with E-state index in [9.17, 15) is 14.4 Å². The van der Waals surface area contributed by atoms with Crippen molar-refractivity contribution in [2.45, 2.75) is 27.7 Å². The average Bonchev–Trinajstić information content (AvgIpc) is 2.90. The van der Waals surface area contributed by atoms with Gasteiger partial charge in [-0.05, 0) is 45.4 Å². The first-order valence-electron chi connectivity index (χ1n) is 8.40. The molecule has 27 heavy (non-hydrogen) atoms. The van der Waals surface area contributed by atoms with Crippen LogP contribution < -0.4 is 5.32 Å². The molecule has 144 valence electrons. The first-order valence-corrected chi connectivity index (χ1v) is 9.16. The predicted molar refractivity (Wildman–Crippen MR) is 107 cm³/mol. The summed E-state index contributed by atoms with van der Waals surface area (Å²) in [6.07, 6.45) is 0. The summed E-state index contributed by atoms with van der Waals surface area (Å²) in [5, 5.41) is 3.26. The fourth-order valence-corrected chi connectivity index (χ4v) is 3.44. The Balaban J connectivity index is 2.20. The molecule has 8 heteroatoms. The van der Waals surface area contributed by atoms with Crippen molar-refractivity contribution in [2.24, 2.45) is 0 Å². The molecule has 1 heterocycles. The third-order valence-electron chi connectivity index (χ3n) is 4.23. The molecule has 0 atom stereocenters. The van der Waals surface area contributed by atoms with Crippen molar-refractivity contribution in [2.75, 3.05) is 18.4 Å². The number of aromatic amines is 1. The Labute approximate surface area is 167 Å². The van der Waals surface area contributed by atoms with Gasteiger partial charge < -0.3 is 15.2 Å². The Bertz CT molecular complexity index is 886. The summed E-state index contributed by atoms with van der Waals surface area (Å²) in [5.74, 6) is -0.895. The lowest BCUT2D eigenvalue weighted by atomic mass is 10.1. The van der Waals surface area contributed by atoms with Gasteiger partial charge in [0.25, 0.3) is 5.91 Å². The number of aryl methyl sites for hydroxylation is 1. The molecular weight excluding hydrogens is 389 g/mol. The van der Waals surface area contributed by atoms with Gasteiger partial charge in [0.2, 0.25) is 5.91 Å². The van der Waals surface area contributed by atoms with Gasteiger partial charge in [-0.2, -0.15) is 0 Å². The molecule has 0 aliphatic rings. The van der Waals surface area contributed by atoms with Gasteiger partial charge in [0.05, 0.1) is 15.7 Å². The number of halogens is 2. The van der Waals surface area contributed by atoms with Crippen LogP contribution in [0.4, 0.5) is 5.69 Å². The van der Waals surface area contributed by atoms with Crippen molar-refractivity contribution in [3.05, 3.63) is 50.8 Å². The summed E-state index contributed by atoms with van der Waals surface area (Å²) in [6, 6.07) is 4.89. The Hall–Kier alpha value is -2.31. The molecule has 2 amide bonds. The second kappa shape index (κ2) is 8.59. The SMILES string of the molecule is CCN(CC(=O)Nc1c(Cl)cccc1Cl)C(=O)c1[nH]c(C)c(C(C)=O)c1C. The van der Waals surface area contributed by atoms with Gasteiger partial charge in [0.1, 0.15) is 12.2 Å².